The number of amides is 1. The molecule has 1 rings (SSSR count). The van der Waals surface area contributed by atoms with Gasteiger partial charge in [0.25, 0.3) is 10.1 Å². The maximum atomic E-state index is 11.5. The van der Waals surface area contributed by atoms with Crippen molar-refractivity contribution in [2.45, 2.75) is 46.8 Å². The van der Waals surface area contributed by atoms with Crippen LogP contribution in [0.1, 0.15) is 40.2 Å². The highest BCUT2D eigenvalue weighted by atomic mass is 32.2. The van der Waals surface area contributed by atoms with Crippen LogP contribution in [0.5, 0.6) is 0 Å². The molecular weight excluding hydrogens is 306 g/mol. The minimum absolute atomic E-state index is 0.0362. The fourth-order valence-corrected chi connectivity index (χ4v) is 1.63. The molecule has 0 heterocycles. The highest BCUT2D eigenvalue weighted by molar-refractivity contribution is 7.85. The highest BCUT2D eigenvalue weighted by Crippen LogP contribution is 2.13. The van der Waals surface area contributed by atoms with Crippen molar-refractivity contribution in [2.75, 3.05) is 11.6 Å². The number of hydrogen-bond acceptors (Lipinski definition) is 5. The Bertz CT molecular complexity index is 559. The summed E-state index contributed by atoms with van der Waals surface area (Å²) < 4.78 is 31.5. The molecule has 0 spiro atoms. The molecular formula is C15H25NO5S. The second-order valence-corrected chi connectivity index (χ2v) is 6.93. The standard InChI is InChI=1S/C13H19NO5S.C2H6/c1-13(2,3)19-12(15)14-11-7-5-10(6-8-11)9-18-20(4,16)17;1-2/h5-8H,9H2,1-4H3,(H,14,15);1-2H3. The van der Waals surface area contributed by atoms with Crippen LogP contribution in [0.2, 0.25) is 0 Å². The van der Waals surface area contributed by atoms with Gasteiger partial charge in [-0.2, -0.15) is 8.42 Å². The van der Waals surface area contributed by atoms with Crippen molar-refractivity contribution in [2.24, 2.45) is 0 Å². The first-order valence-electron chi connectivity index (χ1n) is 6.98. The van der Waals surface area contributed by atoms with E-state index >= 15 is 0 Å². The number of hydrogen-bond donors (Lipinski definition) is 1. The van der Waals surface area contributed by atoms with E-state index in [4.69, 9.17) is 4.74 Å². The molecule has 0 saturated heterocycles. The molecule has 0 aliphatic rings. The van der Waals surface area contributed by atoms with E-state index in [-0.39, 0.29) is 6.61 Å². The number of ether oxygens (including phenoxy) is 1. The highest BCUT2D eigenvalue weighted by Gasteiger charge is 2.16. The average Bonchev–Trinajstić information content (AvgIpc) is 2.37. The van der Waals surface area contributed by atoms with Crippen LogP contribution in [0.25, 0.3) is 0 Å². The summed E-state index contributed by atoms with van der Waals surface area (Å²) in [4.78, 5) is 11.5. The van der Waals surface area contributed by atoms with Crippen molar-refractivity contribution in [1.82, 2.24) is 0 Å². The summed E-state index contributed by atoms with van der Waals surface area (Å²) >= 11 is 0. The van der Waals surface area contributed by atoms with Crippen molar-refractivity contribution < 1.29 is 22.1 Å². The van der Waals surface area contributed by atoms with Gasteiger partial charge in [-0.25, -0.2) is 4.79 Å². The predicted molar refractivity (Wildman–Crippen MR) is 87.3 cm³/mol. The number of benzene rings is 1. The van der Waals surface area contributed by atoms with E-state index in [9.17, 15) is 13.2 Å². The van der Waals surface area contributed by atoms with E-state index < -0.39 is 21.8 Å². The summed E-state index contributed by atoms with van der Waals surface area (Å²) in [5.41, 5.74) is 0.681. The van der Waals surface area contributed by atoms with Crippen LogP contribution in [-0.2, 0) is 25.6 Å². The van der Waals surface area contributed by atoms with Gasteiger partial charge < -0.3 is 4.74 Å². The first-order chi connectivity index (χ1) is 10.1. The molecule has 0 bridgehead atoms. The van der Waals surface area contributed by atoms with Crippen molar-refractivity contribution in [3.05, 3.63) is 29.8 Å². The van der Waals surface area contributed by atoms with Crippen LogP contribution >= 0.6 is 0 Å². The second kappa shape index (κ2) is 8.75. The summed E-state index contributed by atoms with van der Waals surface area (Å²) in [6, 6.07) is 6.62. The molecule has 1 N–H and O–H groups in total. The Balaban J connectivity index is 0.00000211. The van der Waals surface area contributed by atoms with Gasteiger partial charge in [0.15, 0.2) is 0 Å². The van der Waals surface area contributed by atoms with E-state index in [1.54, 1.807) is 45.0 Å². The number of nitrogens with one attached hydrogen (secondary N) is 1. The number of carbonyl (C=O) groups excluding carboxylic acids is 1. The molecule has 0 saturated carbocycles. The Labute approximate surface area is 132 Å². The molecule has 0 atom stereocenters. The van der Waals surface area contributed by atoms with Crippen LogP contribution in [0.15, 0.2) is 24.3 Å². The van der Waals surface area contributed by atoms with Crippen LogP contribution in [0.3, 0.4) is 0 Å². The zero-order valence-electron chi connectivity index (χ0n) is 14.0. The Morgan fingerprint density at radius 2 is 1.64 bits per heavy atom. The summed E-state index contributed by atoms with van der Waals surface area (Å²) in [5.74, 6) is 0. The van der Waals surface area contributed by atoms with E-state index in [1.807, 2.05) is 13.8 Å². The lowest BCUT2D eigenvalue weighted by atomic mass is 10.2. The van der Waals surface area contributed by atoms with E-state index in [1.165, 1.54) is 0 Å². The maximum Gasteiger partial charge on any atom is 0.412 e. The van der Waals surface area contributed by atoms with Gasteiger partial charge in [-0.3, -0.25) is 9.50 Å². The lowest BCUT2D eigenvalue weighted by molar-refractivity contribution is 0.0636. The third kappa shape index (κ3) is 10.2. The second-order valence-electron chi connectivity index (χ2n) is 5.29. The summed E-state index contributed by atoms with van der Waals surface area (Å²) in [7, 11) is -3.46. The fourth-order valence-electron chi connectivity index (χ4n) is 1.28. The van der Waals surface area contributed by atoms with Gasteiger partial charge in [0.05, 0.1) is 12.9 Å². The van der Waals surface area contributed by atoms with Crippen LogP contribution < -0.4 is 5.32 Å². The molecule has 0 radical (unpaired) electrons. The van der Waals surface area contributed by atoms with Gasteiger partial charge in [-0.05, 0) is 38.5 Å². The van der Waals surface area contributed by atoms with Crippen molar-refractivity contribution in [3.8, 4) is 0 Å². The first kappa shape index (κ1) is 20.4. The molecule has 0 aliphatic heterocycles. The fraction of sp³-hybridized carbons (Fsp3) is 0.533. The molecule has 0 aromatic heterocycles. The van der Waals surface area contributed by atoms with Gasteiger partial charge in [-0.15, -0.1) is 0 Å². The Kier molecular flexibility index (Phi) is 8.11. The van der Waals surface area contributed by atoms with Gasteiger partial charge in [-0.1, -0.05) is 26.0 Å². The lowest BCUT2D eigenvalue weighted by Gasteiger charge is -2.19. The SMILES string of the molecule is CC.CC(C)(C)OC(=O)Nc1ccc(COS(C)(=O)=O)cc1. The monoisotopic (exact) mass is 331 g/mol. The Hall–Kier alpha value is -1.60. The molecule has 1 amide bonds. The van der Waals surface area contributed by atoms with Crippen LogP contribution in [0, 0.1) is 0 Å². The zero-order chi connectivity index (χ0) is 17.4. The molecule has 0 unspecified atom stereocenters. The number of carbonyl (C=O) groups is 1. The van der Waals surface area contributed by atoms with Crippen LogP contribution in [0.4, 0.5) is 10.5 Å². The summed E-state index contributed by atoms with van der Waals surface area (Å²) in [6.07, 6.45) is 0.448. The molecule has 1 aromatic rings. The van der Waals surface area contributed by atoms with Crippen molar-refractivity contribution in [1.29, 1.82) is 0 Å². The van der Waals surface area contributed by atoms with Crippen LogP contribution in [-0.4, -0.2) is 26.4 Å². The molecule has 6 nitrogen and oxygen atoms in total. The predicted octanol–water partition coefficient (Wildman–Crippen LogP) is 3.54. The molecule has 1 aromatic carbocycles. The smallest absolute Gasteiger partial charge is 0.412 e. The van der Waals surface area contributed by atoms with Gasteiger partial charge in [0.1, 0.15) is 5.60 Å². The minimum Gasteiger partial charge on any atom is -0.444 e. The quantitative estimate of drug-likeness (QED) is 0.853. The van der Waals surface area contributed by atoms with Gasteiger partial charge in [0.2, 0.25) is 0 Å². The minimum atomic E-state index is -3.46. The van der Waals surface area contributed by atoms with E-state index in [0.717, 1.165) is 6.26 Å². The first-order valence-corrected chi connectivity index (χ1v) is 8.80. The summed E-state index contributed by atoms with van der Waals surface area (Å²) in [5, 5.41) is 2.58. The average molecular weight is 331 g/mol. The van der Waals surface area contributed by atoms with E-state index in [2.05, 4.69) is 9.50 Å². The largest absolute Gasteiger partial charge is 0.444 e. The molecule has 22 heavy (non-hydrogen) atoms. The topological polar surface area (TPSA) is 81.7 Å². The summed E-state index contributed by atoms with van der Waals surface area (Å²) in [6.45, 7) is 9.29. The Morgan fingerprint density at radius 3 is 2.05 bits per heavy atom. The number of rotatable bonds is 4. The molecule has 0 aliphatic carbocycles. The zero-order valence-corrected chi connectivity index (χ0v) is 14.8. The molecule has 0 fully saturated rings. The Morgan fingerprint density at radius 1 is 1.14 bits per heavy atom. The van der Waals surface area contributed by atoms with Gasteiger partial charge >= 0.3 is 6.09 Å². The van der Waals surface area contributed by atoms with Crippen molar-refractivity contribution >= 4 is 21.9 Å². The third-order valence-electron chi connectivity index (χ3n) is 2.04. The van der Waals surface area contributed by atoms with Gasteiger partial charge in [0, 0.05) is 5.69 Å². The lowest BCUT2D eigenvalue weighted by Crippen LogP contribution is -2.27. The van der Waals surface area contributed by atoms with E-state index in [0.29, 0.717) is 11.3 Å². The van der Waals surface area contributed by atoms with Crippen molar-refractivity contribution in [3.63, 3.8) is 0 Å². The normalized spacial score (nSPS) is 11.2. The molecule has 126 valence electrons. The third-order valence-corrected chi connectivity index (χ3v) is 2.58. The maximum absolute atomic E-state index is 11.5. The molecule has 7 heteroatoms. The number of anilines is 1.